The van der Waals surface area contributed by atoms with Crippen molar-refractivity contribution >= 4 is 26.9 Å². The van der Waals surface area contributed by atoms with Crippen LogP contribution in [-0.4, -0.2) is 19.7 Å². The molecule has 0 amide bonds. The normalized spacial score (nSPS) is 12.8. The molecule has 0 bridgehead atoms. The predicted molar refractivity (Wildman–Crippen MR) is 86.3 cm³/mol. The molecular formula is C16H16ClNO3S. The summed E-state index contributed by atoms with van der Waals surface area (Å²) in [7, 11) is -3.80. The molecule has 0 aliphatic heterocycles. The van der Waals surface area contributed by atoms with Crippen molar-refractivity contribution in [2.45, 2.75) is 24.3 Å². The van der Waals surface area contributed by atoms with Crippen molar-refractivity contribution in [2.75, 3.05) is 0 Å². The number of sulfonamides is 1. The predicted octanol–water partition coefficient (Wildman–Crippen LogP) is 2.65. The smallest absolute Gasteiger partial charge is 0.241 e. The third-order valence-electron chi connectivity index (χ3n) is 3.19. The zero-order valence-corrected chi connectivity index (χ0v) is 13.6. The first-order valence-corrected chi connectivity index (χ1v) is 8.57. The average molecular weight is 338 g/mol. The number of nitrogens with one attached hydrogen (secondary N) is 1. The molecule has 6 heteroatoms. The van der Waals surface area contributed by atoms with E-state index in [0.717, 1.165) is 11.1 Å². The summed E-state index contributed by atoms with van der Waals surface area (Å²) in [6, 6.07) is 14.5. The lowest BCUT2D eigenvalue weighted by molar-refractivity contribution is -0.113. The van der Waals surface area contributed by atoms with E-state index in [1.165, 1.54) is 12.1 Å². The first-order valence-electron chi connectivity index (χ1n) is 6.71. The van der Waals surface area contributed by atoms with Gasteiger partial charge in [-0.25, -0.2) is 8.42 Å². The van der Waals surface area contributed by atoms with Crippen molar-refractivity contribution in [1.29, 1.82) is 0 Å². The van der Waals surface area contributed by atoms with Crippen LogP contribution in [0.2, 0.25) is 0 Å². The van der Waals surface area contributed by atoms with Gasteiger partial charge in [0, 0.05) is 0 Å². The van der Waals surface area contributed by atoms with Gasteiger partial charge >= 0.3 is 0 Å². The minimum Gasteiger partial charge on any atom is -0.279 e. The van der Waals surface area contributed by atoms with Crippen LogP contribution in [0.15, 0.2) is 59.5 Å². The fourth-order valence-electron chi connectivity index (χ4n) is 1.99. The summed E-state index contributed by atoms with van der Waals surface area (Å²) in [5.74, 6) is 0. The topological polar surface area (TPSA) is 63.2 Å². The molecule has 116 valence electrons. The molecule has 0 heterocycles. The highest BCUT2D eigenvalue weighted by molar-refractivity contribution is 7.89. The molecule has 2 aromatic carbocycles. The van der Waals surface area contributed by atoms with Crippen LogP contribution in [0.4, 0.5) is 0 Å². The van der Waals surface area contributed by atoms with Crippen LogP contribution in [0.25, 0.3) is 0 Å². The lowest BCUT2D eigenvalue weighted by Gasteiger charge is -2.15. The van der Waals surface area contributed by atoms with Gasteiger partial charge in [0.2, 0.25) is 15.3 Å². The minimum absolute atomic E-state index is 0.106. The molecule has 0 spiro atoms. The molecule has 22 heavy (non-hydrogen) atoms. The van der Waals surface area contributed by atoms with E-state index >= 15 is 0 Å². The van der Waals surface area contributed by atoms with E-state index in [1.54, 1.807) is 12.1 Å². The Morgan fingerprint density at radius 1 is 1.09 bits per heavy atom. The summed E-state index contributed by atoms with van der Waals surface area (Å²) in [6.45, 7) is 1.87. The lowest BCUT2D eigenvalue weighted by Crippen LogP contribution is -2.40. The Morgan fingerprint density at radius 3 is 2.23 bits per heavy atom. The number of aryl methyl sites for hydroxylation is 1. The highest BCUT2D eigenvalue weighted by Crippen LogP contribution is 2.13. The summed E-state index contributed by atoms with van der Waals surface area (Å²) in [5.41, 5.74) is 1.78. The SMILES string of the molecule is Cc1ccc(S(=O)(=O)N[C@@H](Cc2ccccc2)C(=O)Cl)cc1. The second kappa shape index (κ2) is 7.05. The Labute approximate surface area is 135 Å². The maximum absolute atomic E-state index is 12.3. The standard InChI is InChI=1S/C16H16ClNO3S/c1-12-7-9-14(10-8-12)22(20,21)18-15(16(17)19)11-13-5-3-2-4-6-13/h2-10,15,18H,11H2,1H3/t15-/m0/s1. The molecule has 1 atom stereocenters. The van der Waals surface area contributed by atoms with E-state index in [-0.39, 0.29) is 11.3 Å². The first kappa shape index (κ1) is 16.7. The molecule has 0 aliphatic rings. The minimum atomic E-state index is -3.80. The first-order chi connectivity index (χ1) is 10.4. The molecule has 2 rings (SSSR count). The van der Waals surface area contributed by atoms with Gasteiger partial charge in [0.25, 0.3) is 0 Å². The summed E-state index contributed by atoms with van der Waals surface area (Å²) in [4.78, 5) is 11.7. The van der Waals surface area contributed by atoms with Crippen LogP contribution >= 0.6 is 11.6 Å². The largest absolute Gasteiger partial charge is 0.279 e. The zero-order chi connectivity index (χ0) is 16.2. The van der Waals surface area contributed by atoms with Gasteiger partial charge < -0.3 is 0 Å². The fraction of sp³-hybridized carbons (Fsp3) is 0.188. The Morgan fingerprint density at radius 2 is 1.68 bits per heavy atom. The summed E-state index contributed by atoms with van der Waals surface area (Å²) >= 11 is 5.55. The molecule has 0 unspecified atom stereocenters. The van der Waals surface area contributed by atoms with E-state index in [9.17, 15) is 13.2 Å². The van der Waals surface area contributed by atoms with E-state index < -0.39 is 21.3 Å². The monoisotopic (exact) mass is 337 g/mol. The fourth-order valence-corrected chi connectivity index (χ4v) is 3.38. The number of carbonyl (C=O) groups is 1. The number of hydrogen-bond donors (Lipinski definition) is 1. The molecule has 0 aliphatic carbocycles. The van der Waals surface area contributed by atoms with Gasteiger partial charge in [-0.3, -0.25) is 4.79 Å². The quantitative estimate of drug-likeness (QED) is 0.824. The van der Waals surface area contributed by atoms with Crippen molar-refractivity contribution in [3.63, 3.8) is 0 Å². The second-order valence-electron chi connectivity index (χ2n) is 4.98. The van der Waals surface area contributed by atoms with Crippen LogP contribution < -0.4 is 4.72 Å². The number of rotatable bonds is 6. The van der Waals surface area contributed by atoms with Gasteiger partial charge in [-0.05, 0) is 42.6 Å². The highest BCUT2D eigenvalue weighted by atomic mass is 35.5. The number of halogens is 1. The molecule has 2 aromatic rings. The Balaban J connectivity index is 2.20. The van der Waals surface area contributed by atoms with E-state index in [4.69, 9.17) is 11.6 Å². The third kappa shape index (κ3) is 4.40. The molecule has 1 N–H and O–H groups in total. The molecule has 0 fully saturated rings. The maximum atomic E-state index is 12.3. The van der Waals surface area contributed by atoms with Crippen molar-refractivity contribution in [3.8, 4) is 0 Å². The molecule has 0 aromatic heterocycles. The second-order valence-corrected chi connectivity index (χ2v) is 7.07. The van der Waals surface area contributed by atoms with Gasteiger partial charge in [-0.15, -0.1) is 0 Å². The van der Waals surface area contributed by atoms with Gasteiger partial charge in [0.1, 0.15) is 0 Å². The lowest BCUT2D eigenvalue weighted by atomic mass is 10.1. The summed E-state index contributed by atoms with van der Waals surface area (Å²) < 4.78 is 27.0. The van der Waals surface area contributed by atoms with Gasteiger partial charge in [-0.1, -0.05) is 48.0 Å². The van der Waals surface area contributed by atoms with Crippen molar-refractivity contribution in [1.82, 2.24) is 4.72 Å². The van der Waals surface area contributed by atoms with Gasteiger partial charge in [0.15, 0.2) is 0 Å². The van der Waals surface area contributed by atoms with Crippen LogP contribution in [0.1, 0.15) is 11.1 Å². The van der Waals surface area contributed by atoms with Crippen LogP contribution in [0.5, 0.6) is 0 Å². The zero-order valence-electron chi connectivity index (χ0n) is 12.0. The number of benzene rings is 2. The van der Waals surface area contributed by atoms with Crippen LogP contribution in [-0.2, 0) is 21.2 Å². The maximum Gasteiger partial charge on any atom is 0.241 e. The van der Waals surface area contributed by atoms with Crippen molar-refractivity contribution in [3.05, 3.63) is 65.7 Å². The molecule has 4 nitrogen and oxygen atoms in total. The van der Waals surface area contributed by atoms with Crippen LogP contribution in [0.3, 0.4) is 0 Å². The highest BCUT2D eigenvalue weighted by Gasteiger charge is 2.24. The van der Waals surface area contributed by atoms with Crippen molar-refractivity contribution < 1.29 is 13.2 Å². The number of carbonyl (C=O) groups excluding carboxylic acids is 1. The molecular weight excluding hydrogens is 322 g/mol. The van der Waals surface area contributed by atoms with E-state index in [1.807, 2.05) is 37.3 Å². The average Bonchev–Trinajstić information content (AvgIpc) is 2.48. The molecule has 0 saturated heterocycles. The van der Waals surface area contributed by atoms with Gasteiger partial charge in [-0.2, -0.15) is 4.72 Å². The number of hydrogen-bond acceptors (Lipinski definition) is 3. The van der Waals surface area contributed by atoms with Crippen LogP contribution in [0, 0.1) is 6.92 Å². The third-order valence-corrected chi connectivity index (χ3v) is 4.94. The summed E-state index contributed by atoms with van der Waals surface area (Å²) in [6.07, 6.45) is 0.203. The van der Waals surface area contributed by atoms with Gasteiger partial charge in [0.05, 0.1) is 10.9 Å². The Hall–Kier alpha value is -1.69. The van der Waals surface area contributed by atoms with E-state index in [0.29, 0.717) is 0 Å². The van der Waals surface area contributed by atoms with E-state index in [2.05, 4.69) is 4.72 Å². The Bertz CT molecular complexity index is 743. The Kier molecular flexibility index (Phi) is 5.34. The van der Waals surface area contributed by atoms with Crippen molar-refractivity contribution in [2.24, 2.45) is 0 Å². The molecule has 0 saturated carbocycles. The summed E-state index contributed by atoms with van der Waals surface area (Å²) in [5, 5.41) is -0.737. The molecule has 0 radical (unpaired) electrons.